The average Bonchev–Trinajstić information content (AvgIpc) is 2.04. The molecule has 0 heterocycles. The Morgan fingerprint density at radius 3 is 2.70 bits per heavy atom. The van der Waals surface area contributed by atoms with Crippen molar-refractivity contribution in [3.63, 3.8) is 0 Å². The van der Waals surface area contributed by atoms with Crippen molar-refractivity contribution >= 4 is 0 Å². The van der Waals surface area contributed by atoms with E-state index in [1.807, 2.05) is 6.92 Å². The topological polar surface area (TPSA) is 26.0 Å². The van der Waals surface area contributed by atoms with Gasteiger partial charge in [-0.1, -0.05) is 23.8 Å². The molecule has 0 unspecified atom stereocenters. The molecule has 1 nitrogen and oxygen atoms in total. The van der Waals surface area contributed by atoms with Crippen molar-refractivity contribution in [1.29, 1.82) is 0 Å². The summed E-state index contributed by atoms with van der Waals surface area (Å²) in [4.78, 5) is 0. The molecule has 1 aliphatic carbocycles. The van der Waals surface area contributed by atoms with Crippen LogP contribution in [0, 0.1) is 0 Å². The van der Waals surface area contributed by atoms with Crippen LogP contribution in [-0.4, -0.2) is 0 Å². The van der Waals surface area contributed by atoms with Gasteiger partial charge in [0.05, 0.1) is 0 Å². The van der Waals surface area contributed by atoms with Crippen molar-refractivity contribution in [2.75, 3.05) is 0 Å². The fourth-order valence-corrected chi connectivity index (χ4v) is 0.863. The lowest BCUT2D eigenvalue weighted by Gasteiger charge is -1.96. The molecule has 0 atom stereocenters. The Labute approximate surface area is 61.9 Å². The predicted molar refractivity (Wildman–Crippen MR) is 44.4 cm³/mol. The van der Waals surface area contributed by atoms with E-state index in [1.165, 1.54) is 5.57 Å². The highest BCUT2D eigenvalue weighted by Crippen LogP contribution is 2.12. The maximum atomic E-state index is 5.70. The zero-order valence-corrected chi connectivity index (χ0v) is 6.52. The molecular weight excluding hydrogens is 122 g/mol. The van der Waals surface area contributed by atoms with Crippen LogP contribution in [0.25, 0.3) is 0 Å². The van der Waals surface area contributed by atoms with Crippen molar-refractivity contribution in [3.05, 3.63) is 35.1 Å². The first-order valence-electron chi connectivity index (χ1n) is 3.50. The van der Waals surface area contributed by atoms with Crippen molar-refractivity contribution < 1.29 is 0 Å². The van der Waals surface area contributed by atoms with Crippen molar-refractivity contribution in [3.8, 4) is 0 Å². The molecule has 2 N–H and O–H groups in total. The number of hydrogen-bond acceptors (Lipinski definition) is 1. The van der Waals surface area contributed by atoms with E-state index in [9.17, 15) is 0 Å². The van der Waals surface area contributed by atoms with Gasteiger partial charge in [0.2, 0.25) is 0 Å². The normalized spacial score (nSPS) is 18.8. The number of rotatable bonds is 0. The molecule has 1 aliphatic rings. The smallest absolute Gasteiger partial charge is 0.0306 e. The molecule has 54 valence electrons. The Morgan fingerprint density at radius 2 is 2.00 bits per heavy atom. The Kier molecular flexibility index (Phi) is 1.95. The van der Waals surface area contributed by atoms with Gasteiger partial charge in [-0.25, -0.2) is 0 Å². The van der Waals surface area contributed by atoms with Gasteiger partial charge in [-0.3, -0.25) is 0 Å². The molecule has 10 heavy (non-hydrogen) atoms. The van der Waals surface area contributed by atoms with Gasteiger partial charge in [0.25, 0.3) is 0 Å². The monoisotopic (exact) mass is 135 g/mol. The molecule has 0 aromatic carbocycles. The van der Waals surface area contributed by atoms with Gasteiger partial charge >= 0.3 is 0 Å². The van der Waals surface area contributed by atoms with Crippen LogP contribution in [-0.2, 0) is 0 Å². The SMILES string of the molecule is CC1=CC=C(C)C(N)=CC1. The van der Waals surface area contributed by atoms with Gasteiger partial charge in [0, 0.05) is 5.70 Å². The first kappa shape index (κ1) is 7.13. The Bertz CT molecular complexity index is 219. The number of hydrogen-bond donors (Lipinski definition) is 1. The van der Waals surface area contributed by atoms with Gasteiger partial charge in [-0.2, -0.15) is 0 Å². The molecule has 0 saturated carbocycles. The quantitative estimate of drug-likeness (QED) is 0.541. The molecule has 0 amide bonds. The van der Waals surface area contributed by atoms with Gasteiger partial charge < -0.3 is 5.73 Å². The molecule has 0 bridgehead atoms. The lowest BCUT2D eigenvalue weighted by Crippen LogP contribution is -1.96. The molecule has 1 rings (SSSR count). The number of nitrogens with two attached hydrogens (primary N) is 1. The minimum absolute atomic E-state index is 0.910. The van der Waals surface area contributed by atoms with Crippen molar-refractivity contribution in [2.45, 2.75) is 20.3 Å². The summed E-state index contributed by atoms with van der Waals surface area (Å²) in [5.41, 5.74) is 9.13. The summed E-state index contributed by atoms with van der Waals surface area (Å²) in [6, 6.07) is 0. The van der Waals surface area contributed by atoms with Crippen LogP contribution in [0.4, 0.5) is 0 Å². The van der Waals surface area contributed by atoms with Gasteiger partial charge in [0.15, 0.2) is 0 Å². The minimum Gasteiger partial charge on any atom is -0.399 e. The third-order valence-electron chi connectivity index (χ3n) is 1.72. The van der Waals surface area contributed by atoms with Crippen LogP contribution < -0.4 is 5.73 Å². The Balaban J connectivity index is 2.90. The van der Waals surface area contributed by atoms with E-state index < -0.39 is 0 Å². The van der Waals surface area contributed by atoms with E-state index in [2.05, 4.69) is 25.2 Å². The zero-order valence-electron chi connectivity index (χ0n) is 6.52. The second-order valence-electron chi connectivity index (χ2n) is 2.73. The number of allylic oxidation sites excluding steroid dienone is 5. The van der Waals surface area contributed by atoms with Gasteiger partial charge in [-0.15, -0.1) is 0 Å². The van der Waals surface area contributed by atoms with E-state index in [-0.39, 0.29) is 0 Å². The van der Waals surface area contributed by atoms with Crippen LogP contribution in [0.3, 0.4) is 0 Å². The molecule has 0 aliphatic heterocycles. The average molecular weight is 135 g/mol. The zero-order chi connectivity index (χ0) is 7.56. The first-order chi connectivity index (χ1) is 4.70. The molecule has 0 spiro atoms. The van der Waals surface area contributed by atoms with Crippen LogP contribution in [0.1, 0.15) is 20.3 Å². The van der Waals surface area contributed by atoms with Gasteiger partial charge in [-0.05, 0) is 25.8 Å². The van der Waals surface area contributed by atoms with Crippen LogP contribution in [0.15, 0.2) is 35.1 Å². The summed E-state index contributed by atoms with van der Waals surface area (Å²) in [5, 5.41) is 0. The Morgan fingerprint density at radius 1 is 1.30 bits per heavy atom. The highest BCUT2D eigenvalue weighted by molar-refractivity contribution is 5.34. The second kappa shape index (κ2) is 2.74. The molecule has 0 fully saturated rings. The van der Waals surface area contributed by atoms with E-state index in [0.29, 0.717) is 0 Å². The van der Waals surface area contributed by atoms with E-state index in [1.54, 1.807) is 0 Å². The summed E-state index contributed by atoms with van der Waals surface area (Å²) in [7, 11) is 0. The molecule has 0 saturated heterocycles. The summed E-state index contributed by atoms with van der Waals surface area (Å²) in [5.74, 6) is 0. The summed E-state index contributed by atoms with van der Waals surface area (Å²) >= 11 is 0. The summed E-state index contributed by atoms with van der Waals surface area (Å²) in [6.07, 6.45) is 7.23. The predicted octanol–water partition coefficient (Wildman–Crippen LogP) is 2.13. The van der Waals surface area contributed by atoms with Crippen molar-refractivity contribution in [1.82, 2.24) is 0 Å². The van der Waals surface area contributed by atoms with Crippen LogP contribution >= 0.6 is 0 Å². The van der Waals surface area contributed by atoms with Crippen molar-refractivity contribution in [2.24, 2.45) is 5.73 Å². The fraction of sp³-hybridized carbons (Fsp3) is 0.333. The Hall–Kier alpha value is -0.980. The standard InChI is InChI=1S/C9H13N/c1-7-3-5-8(2)9(10)6-4-7/h3,5-6H,4,10H2,1-2H3. The molecule has 0 aromatic heterocycles. The van der Waals surface area contributed by atoms with Gasteiger partial charge in [0.1, 0.15) is 0 Å². The van der Waals surface area contributed by atoms with E-state index in [4.69, 9.17) is 5.73 Å². The molecule has 0 radical (unpaired) electrons. The highest BCUT2D eigenvalue weighted by atomic mass is 14.6. The summed E-state index contributed by atoms with van der Waals surface area (Å²) < 4.78 is 0. The molecule has 0 aromatic rings. The maximum absolute atomic E-state index is 5.70. The van der Waals surface area contributed by atoms with E-state index >= 15 is 0 Å². The third-order valence-corrected chi connectivity index (χ3v) is 1.72. The fourth-order valence-electron chi connectivity index (χ4n) is 0.863. The van der Waals surface area contributed by atoms with Crippen LogP contribution in [0.5, 0.6) is 0 Å². The third kappa shape index (κ3) is 1.50. The lowest BCUT2D eigenvalue weighted by atomic mass is 10.2. The van der Waals surface area contributed by atoms with E-state index in [0.717, 1.165) is 17.7 Å². The first-order valence-corrected chi connectivity index (χ1v) is 3.50. The molecule has 1 heteroatoms. The molecular formula is C9H13N. The largest absolute Gasteiger partial charge is 0.399 e. The lowest BCUT2D eigenvalue weighted by molar-refractivity contribution is 1.18. The maximum Gasteiger partial charge on any atom is 0.0306 e. The van der Waals surface area contributed by atoms with Crippen LogP contribution in [0.2, 0.25) is 0 Å². The summed E-state index contributed by atoms with van der Waals surface area (Å²) in [6.45, 7) is 4.14. The highest BCUT2D eigenvalue weighted by Gasteiger charge is 1.96. The second-order valence-corrected chi connectivity index (χ2v) is 2.73. The minimum atomic E-state index is 0.910.